The molecule has 0 aliphatic carbocycles. The van der Waals surface area contributed by atoms with Crippen molar-refractivity contribution in [3.63, 3.8) is 0 Å². The standard InChI is InChI=1S/C16H21N3O3/c1-2-3-8-18(9-6-11-20)15(21)13-12-17-14-7-4-5-10-19(14)16(13)22/h4-5,7,10,12,20H,2-3,6,8-9,11H2,1H3. The summed E-state index contributed by atoms with van der Waals surface area (Å²) >= 11 is 0. The summed E-state index contributed by atoms with van der Waals surface area (Å²) in [6.45, 7) is 3.07. The first-order valence-corrected chi connectivity index (χ1v) is 7.55. The lowest BCUT2D eigenvalue weighted by Gasteiger charge is -2.22. The van der Waals surface area contributed by atoms with E-state index in [1.807, 2.05) is 6.92 Å². The Kier molecular flexibility index (Phi) is 5.66. The third kappa shape index (κ3) is 3.51. The van der Waals surface area contributed by atoms with Crippen molar-refractivity contribution >= 4 is 11.6 Å². The minimum atomic E-state index is -0.360. The lowest BCUT2D eigenvalue weighted by atomic mass is 10.2. The van der Waals surface area contributed by atoms with Gasteiger partial charge in [0, 0.05) is 32.1 Å². The van der Waals surface area contributed by atoms with Crippen LogP contribution < -0.4 is 5.56 Å². The Balaban J connectivity index is 2.33. The van der Waals surface area contributed by atoms with E-state index in [1.165, 1.54) is 10.6 Å². The highest BCUT2D eigenvalue weighted by Crippen LogP contribution is 2.05. The number of hydrogen-bond acceptors (Lipinski definition) is 4. The zero-order valence-corrected chi connectivity index (χ0v) is 12.7. The molecule has 0 unspecified atom stereocenters. The van der Waals surface area contributed by atoms with Gasteiger partial charge in [-0.05, 0) is 25.0 Å². The van der Waals surface area contributed by atoms with Gasteiger partial charge in [0.2, 0.25) is 0 Å². The molecule has 6 nitrogen and oxygen atoms in total. The third-order valence-electron chi connectivity index (χ3n) is 3.50. The number of aromatic nitrogens is 2. The van der Waals surface area contributed by atoms with Gasteiger partial charge in [0.15, 0.2) is 0 Å². The van der Waals surface area contributed by atoms with Crippen molar-refractivity contribution in [1.29, 1.82) is 0 Å². The minimum Gasteiger partial charge on any atom is -0.396 e. The molecule has 22 heavy (non-hydrogen) atoms. The number of fused-ring (bicyclic) bond motifs is 1. The predicted octanol–water partition coefficient (Wildman–Crippen LogP) is 1.32. The summed E-state index contributed by atoms with van der Waals surface area (Å²) in [5, 5.41) is 8.97. The molecule has 0 saturated heterocycles. The summed E-state index contributed by atoms with van der Waals surface area (Å²) < 4.78 is 1.37. The first-order chi connectivity index (χ1) is 10.7. The number of unbranched alkanes of at least 4 members (excludes halogenated alkanes) is 1. The maximum absolute atomic E-state index is 12.6. The van der Waals surface area contributed by atoms with Crippen molar-refractivity contribution in [1.82, 2.24) is 14.3 Å². The molecule has 0 aliphatic rings. The first-order valence-electron chi connectivity index (χ1n) is 7.55. The summed E-state index contributed by atoms with van der Waals surface area (Å²) in [5.74, 6) is -0.322. The SMILES string of the molecule is CCCCN(CCCO)C(=O)c1cnc2ccccn2c1=O. The zero-order chi connectivity index (χ0) is 15.9. The Morgan fingerprint density at radius 3 is 2.82 bits per heavy atom. The van der Waals surface area contributed by atoms with Crippen LogP contribution in [-0.2, 0) is 0 Å². The van der Waals surface area contributed by atoms with E-state index < -0.39 is 0 Å². The molecule has 2 heterocycles. The second kappa shape index (κ2) is 7.70. The smallest absolute Gasteiger partial charge is 0.270 e. The Hall–Kier alpha value is -2.21. The molecular formula is C16H21N3O3. The number of hydrogen-bond donors (Lipinski definition) is 1. The number of amides is 1. The van der Waals surface area contributed by atoms with Crippen molar-refractivity contribution in [3.05, 3.63) is 46.5 Å². The van der Waals surface area contributed by atoms with Gasteiger partial charge < -0.3 is 10.0 Å². The Morgan fingerprint density at radius 2 is 2.09 bits per heavy atom. The summed E-state index contributed by atoms with van der Waals surface area (Å²) in [6, 6.07) is 5.24. The van der Waals surface area contributed by atoms with E-state index in [0.29, 0.717) is 25.2 Å². The van der Waals surface area contributed by atoms with Crippen LogP contribution in [0.25, 0.3) is 5.65 Å². The zero-order valence-electron chi connectivity index (χ0n) is 12.7. The second-order valence-electron chi connectivity index (χ2n) is 5.13. The molecule has 1 N–H and O–H groups in total. The van der Waals surface area contributed by atoms with Crippen LogP contribution in [0.15, 0.2) is 35.4 Å². The average molecular weight is 303 g/mol. The average Bonchev–Trinajstić information content (AvgIpc) is 2.55. The minimum absolute atomic E-state index is 0.0187. The predicted molar refractivity (Wildman–Crippen MR) is 84.0 cm³/mol. The van der Waals surface area contributed by atoms with Crippen molar-refractivity contribution in [3.8, 4) is 0 Å². The van der Waals surface area contributed by atoms with Gasteiger partial charge in [0.25, 0.3) is 11.5 Å². The topological polar surface area (TPSA) is 74.9 Å². The van der Waals surface area contributed by atoms with Crippen LogP contribution in [0.4, 0.5) is 0 Å². The Morgan fingerprint density at radius 1 is 1.32 bits per heavy atom. The van der Waals surface area contributed by atoms with E-state index in [9.17, 15) is 9.59 Å². The highest BCUT2D eigenvalue weighted by molar-refractivity contribution is 5.93. The first kappa shape index (κ1) is 16.2. The lowest BCUT2D eigenvalue weighted by molar-refractivity contribution is 0.0740. The largest absolute Gasteiger partial charge is 0.396 e. The third-order valence-corrected chi connectivity index (χ3v) is 3.50. The highest BCUT2D eigenvalue weighted by atomic mass is 16.3. The van der Waals surface area contributed by atoms with Crippen LogP contribution in [0.1, 0.15) is 36.5 Å². The maximum atomic E-state index is 12.6. The molecule has 2 aromatic heterocycles. The van der Waals surface area contributed by atoms with E-state index in [2.05, 4.69) is 4.98 Å². The molecule has 0 aromatic carbocycles. The maximum Gasteiger partial charge on any atom is 0.270 e. The van der Waals surface area contributed by atoms with E-state index in [-0.39, 0.29) is 23.6 Å². The number of aliphatic hydroxyl groups excluding tert-OH is 1. The molecule has 0 atom stereocenters. The molecule has 0 radical (unpaired) electrons. The van der Waals surface area contributed by atoms with Crippen molar-refractivity contribution in [2.24, 2.45) is 0 Å². The van der Waals surface area contributed by atoms with Crippen LogP contribution in [-0.4, -0.2) is 45.0 Å². The van der Waals surface area contributed by atoms with Gasteiger partial charge in [-0.25, -0.2) is 4.98 Å². The van der Waals surface area contributed by atoms with Crippen molar-refractivity contribution < 1.29 is 9.90 Å². The number of nitrogens with zero attached hydrogens (tertiary/aromatic N) is 3. The van der Waals surface area contributed by atoms with Crippen molar-refractivity contribution in [2.45, 2.75) is 26.2 Å². The fraction of sp³-hybridized carbons (Fsp3) is 0.438. The van der Waals surface area contributed by atoms with Crippen LogP contribution in [0.3, 0.4) is 0 Å². The quantitative estimate of drug-likeness (QED) is 0.837. The van der Waals surface area contributed by atoms with Gasteiger partial charge in [0.1, 0.15) is 11.2 Å². The van der Waals surface area contributed by atoms with Gasteiger partial charge in [0.05, 0.1) is 0 Å². The van der Waals surface area contributed by atoms with Gasteiger partial charge in [-0.1, -0.05) is 19.4 Å². The highest BCUT2D eigenvalue weighted by Gasteiger charge is 2.19. The number of aliphatic hydroxyl groups is 1. The molecule has 2 aromatic rings. The summed E-state index contributed by atoms with van der Waals surface area (Å²) in [4.78, 5) is 30.9. The van der Waals surface area contributed by atoms with Crippen LogP contribution in [0, 0.1) is 0 Å². The molecule has 0 spiro atoms. The fourth-order valence-electron chi connectivity index (χ4n) is 2.27. The molecule has 0 saturated carbocycles. The molecule has 0 bridgehead atoms. The molecule has 1 amide bonds. The number of pyridine rings is 1. The Bertz CT molecular complexity index is 688. The molecule has 118 valence electrons. The van der Waals surface area contributed by atoms with E-state index >= 15 is 0 Å². The van der Waals surface area contributed by atoms with Gasteiger partial charge >= 0.3 is 0 Å². The van der Waals surface area contributed by atoms with E-state index in [0.717, 1.165) is 12.8 Å². The summed E-state index contributed by atoms with van der Waals surface area (Å²) in [6.07, 6.45) is 5.26. The summed E-state index contributed by atoms with van der Waals surface area (Å²) in [7, 11) is 0. The van der Waals surface area contributed by atoms with E-state index in [1.54, 1.807) is 29.3 Å². The normalized spacial score (nSPS) is 10.8. The lowest BCUT2D eigenvalue weighted by Crippen LogP contribution is -2.37. The van der Waals surface area contributed by atoms with Crippen LogP contribution in [0.5, 0.6) is 0 Å². The molecule has 0 aliphatic heterocycles. The van der Waals surface area contributed by atoms with Gasteiger partial charge in [-0.3, -0.25) is 14.0 Å². The number of carbonyl (C=O) groups is 1. The molecule has 0 fully saturated rings. The second-order valence-corrected chi connectivity index (χ2v) is 5.13. The van der Waals surface area contributed by atoms with E-state index in [4.69, 9.17) is 5.11 Å². The monoisotopic (exact) mass is 303 g/mol. The van der Waals surface area contributed by atoms with Crippen molar-refractivity contribution in [2.75, 3.05) is 19.7 Å². The number of carbonyl (C=O) groups excluding carboxylic acids is 1. The molecule has 6 heteroatoms. The van der Waals surface area contributed by atoms with Crippen LogP contribution >= 0.6 is 0 Å². The van der Waals surface area contributed by atoms with Crippen LogP contribution in [0.2, 0.25) is 0 Å². The summed E-state index contributed by atoms with van der Waals surface area (Å²) in [5.41, 5.74) is 0.221. The Labute approximate surface area is 129 Å². The van der Waals surface area contributed by atoms with Gasteiger partial charge in [-0.15, -0.1) is 0 Å². The van der Waals surface area contributed by atoms with Gasteiger partial charge in [-0.2, -0.15) is 0 Å². The number of rotatable bonds is 7. The molecular weight excluding hydrogens is 282 g/mol. The fourth-order valence-corrected chi connectivity index (χ4v) is 2.27. The molecule has 2 rings (SSSR count).